The topological polar surface area (TPSA) is 93.7 Å². The van der Waals surface area contributed by atoms with E-state index in [1.54, 1.807) is 24.3 Å². The third kappa shape index (κ3) is 6.62. The van der Waals surface area contributed by atoms with E-state index < -0.39 is 28.0 Å². The zero-order chi connectivity index (χ0) is 24.1. The largest absolute Gasteiger partial charge is 0.573 e. The third-order valence-corrected chi connectivity index (χ3v) is 5.80. The van der Waals surface area contributed by atoms with Gasteiger partial charge in [-0.25, -0.2) is 8.42 Å². The van der Waals surface area contributed by atoms with Crippen LogP contribution in [0.3, 0.4) is 0 Å². The van der Waals surface area contributed by atoms with Crippen molar-refractivity contribution in [2.45, 2.75) is 17.8 Å². The lowest BCUT2D eigenvalue weighted by Crippen LogP contribution is -2.24. The predicted octanol–water partition coefficient (Wildman–Crippen LogP) is 4.32. The molecule has 174 valence electrons. The number of carbonyl (C=O) groups excluding carboxylic acids is 1. The number of ether oxygens (including phenoxy) is 2. The highest BCUT2D eigenvalue weighted by Gasteiger charge is 2.32. The number of anilines is 1. The van der Waals surface area contributed by atoms with Crippen LogP contribution in [-0.2, 0) is 16.6 Å². The van der Waals surface area contributed by atoms with E-state index in [-0.39, 0.29) is 22.6 Å². The van der Waals surface area contributed by atoms with Gasteiger partial charge in [-0.1, -0.05) is 18.2 Å². The molecule has 33 heavy (non-hydrogen) atoms. The molecular weight excluding hydrogens is 461 g/mol. The summed E-state index contributed by atoms with van der Waals surface area (Å²) >= 11 is 0. The molecule has 0 aromatic heterocycles. The molecule has 7 nitrogen and oxygen atoms in total. The summed E-state index contributed by atoms with van der Waals surface area (Å²) in [6.45, 7) is -0.218. The van der Waals surface area contributed by atoms with Gasteiger partial charge >= 0.3 is 6.36 Å². The van der Waals surface area contributed by atoms with Crippen molar-refractivity contribution in [2.75, 3.05) is 11.8 Å². The number of carbonyl (C=O) groups is 1. The third-order valence-electron chi connectivity index (χ3n) is 4.41. The minimum atomic E-state index is -4.86. The van der Waals surface area contributed by atoms with Crippen LogP contribution in [0.15, 0.2) is 77.7 Å². The standard InChI is InChI=1S/C22H19F3N2O5S/c1-31-18-10-8-17(9-11-18)27-33(29,30)19-12-6-15(7-13-19)21(28)26-14-16-4-2-3-5-20(16)32-22(23,24)25/h2-13,27H,14H2,1H3,(H,26,28). The molecule has 3 rings (SSSR count). The van der Waals surface area contributed by atoms with Crippen molar-refractivity contribution >= 4 is 21.6 Å². The van der Waals surface area contributed by atoms with Gasteiger partial charge in [0.25, 0.3) is 15.9 Å². The highest BCUT2D eigenvalue weighted by Crippen LogP contribution is 2.26. The lowest BCUT2D eigenvalue weighted by atomic mass is 10.2. The Balaban J connectivity index is 1.65. The molecule has 0 saturated heterocycles. The Kier molecular flexibility index (Phi) is 7.12. The van der Waals surface area contributed by atoms with Gasteiger partial charge in [0.15, 0.2) is 0 Å². The summed E-state index contributed by atoms with van der Waals surface area (Å²) in [7, 11) is -2.41. The number of benzene rings is 3. The van der Waals surface area contributed by atoms with Crippen LogP contribution in [0.2, 0.25) is 0 Å². The van der Waals surface area contributed by atoms with Gasteiger partial charge in [0.1, 0.15) is 11.5 Å². The number of para-hydroxylation sites is 1. The number of amides is 1. The number of alkyl halides is 3. The van der Waals surface area contributed by atoms with Crippen molar-refractivity contribution in [3.05, 3.63) is 83.9 Å². The number of hydrogen-bond donors (Lipinski definition) is 2. The second kappa shape index (κ2) is 9.82. The predicted molar refractivity (Wildman–Crippen MR) is 115 cm³/mol. The first kappa shape index (κ1) is 23.9. The van der Waals surface area contributed by atoms with E-state index in [0.717, 1.165) is 6.07 Å². The lowest BCUT2D eigenvalue weighted by molar-refractivity contribution is -0.274. The van der Waals surface area contributed by atoms with Crippen LogP contribution >= 0.6 is 0 Å². The van der Waals surface area contributed by atoms with Crippen LogP contribution in [0.4, 0.5) is 18.9 Å². The smallest absolute Gasteiger partial charge is 0.497 e. The lowest BCUT2D eigenvalue weighted by Gasteiger charge is -2.14. The average Bonchev–Trinajstić information content (AvgIpc) is 2.77. The summed E-state index contributed by atoms with van der Waals surface area (Å²) < 4.78 is 74.1. The van der Waals surface area contributed by atoms with Crippen molar-refractivity contribution < 1.29 is 35.9 Å². The summed E-state index contributed by atoms with van der Waals surface area (Å²) in [5, 5.41) is 2.49. The van der Waals surface area contributed by atoms with Gasteiger partial charge in [0, 0.05) is 23.4 Å². The fourth-order valence-corrected chi connectivity index (χ4v) is 3.87. The Morgan fingerprint density at radius 3 is 2.18 bits per heavy atom. The fraction of sp³-hybridized carbons (Fsp3) is 0.136. The van der Waals surface area contributed by atoms with Crippen LogP contribution < -0.4 is 19.5 Å². The summed E-state index contributed by atoms with van der Waals surface area (Å²) in [6.07, 6.45) is -4.86. The molecule has 0 spiro atoms. The van der Waals surface area contributed by atoms with E-state index in [1.165, 1.54) is 49.6 Å². The maximum Gasteiger partial charge on any atom is 0.573 e. The van der Waals surface area contributed by atoms with Crippen LogP contribution in [0.1, 0.15) is 15.9 Å². The number of rotatable bonds is 8. The van der Waals surface area contributed by atoms with Gasteiger partial charge in [-0.15, -0.1) is 13.2 Å². The normalized spacial score (nSPS) is 11.5. The zero-order valence-corrected chi connectivity index (χ0v) is 18.0. The molecule has 3 aromatic rings. The highest BCUT2D eigenvalue weighted by atomic mass is 32.2. The Hall–Kier alpha value is -3.73. The van der Waals surface area contributed by atoms with Crippen molar-refractivity contribution in [1.82, 2.24) is 5.32 Å². The first-order valence-corrected chi connectivity index (χ1v) is 10.9. The maximum absolute atomic E-state index is 12.6. The van der Waals surface area contributed by atoms with Crippen molar-refractivity contribution in [3.8, 4) is 11.5 Å². The molecule has 1 amide bonds. The molecule has 2 N–H and O–H groups in total. The second-order valence-electron chi connectivity index (χ2n) is 6.70. The molecule has 0 fully saturated rings. The first-order chi connectivity index (χ1) is 15.6. The summed E-state index contributed by atoms with van der Waals surface area (Å²) in [4.78, 5) is 12.3. The Morgan fingerprint density at radius 1 is 0.939 bits per heavy atom. The molecule has 3 aromatic carbocycles. The number of methoxy groups -OCH3 is 1. The second-order valence-corrected chi connectivity index (χ2v) is 8.38. The van der Waals surface area contributed by atoms with E-state index in [9.17, 15) is 26.4 Å². The molecule has 0 aliphatic heterocycles. The average molecular weight is 480 g/mol. The number of halogens is 3. The summed E-state index contributed by atoms with van der Waals surface area (Å²) in [5.74, 6) is -0.443. The van der Waals surface area contributed by atoms with Gasteiger partial charge in [-0.3, -0.25) is 9.52 Å². The highest BCUT2D eigenvalue weighted by molar-refractivity contribution is 7.92. The first-order valence-electron chi connectivity index (χ1n) is 9.46. The minimum absolute atomic E-state index is 0.0706. The Morgan fingerprint density at radius 2 is 1.58 bits per heavy atom. The van der Waals surface area contributed by atoms with Gasteiger partial charge in [-0.05, 0) is 54.6 Å². The van der Waals surface area contributed by atoms with Crippen molar-refractivity contribution in [3.63, 3.8) is 0 Å². The molecular formula is C22H19F3N2O5S. The molecule has 0 radical (unpaired) electrons. The fourth-order valence-electron chi connectivity index (χ4n) is 2.81. The van der Waals surface area contributed by atoms with E-state index >= 15 is 0 Å². The quantitative estimate of drug-likeness (QED) is 0.501. The number of nitrogens with one attached hydrogen (secondary N) is 2. The number of sulfonamides is 1. The van der Waals surface area contributed by atoms with Crippen molar-refractivity contribution in [1.29, 1.82) is 0 Å². The van der Waals surface area contributed by atoms with Crippen LogP contribution in [0.25, 0.3) is 0 Å². The summed E-state index contributed by atoms with van der Waals surface area (Å²) in [5.41, 5.74) is 0.594. The van der Waals surface area contributed by atoms with E-state index in [1.807, 2.05) is 0 Å². The van der Waals surface area contributed by atoms with E-state index in [0.29, 0.717) is 11.4 Å². The van der Waals surface area contributed by atoms with Gasteiger partial charge < -0.3 is 14.8 Å². The van der Waals surface area contributed by atoms with Crippen molar-refractivity contribution in [2.24, 2.45) is 0 Å². The molecule has 0 saturated carbocycles. The minimum Gasteiger partial charge on any atom is -0.497 e. The van der Waals surface area contributed by atoms with E-state index in [4.69, 9.17) is 4.74 Å². The van der Waals surface area contributed by atoms with Gasteiger partial charge in [0.2, 0.25) is 0 Å². The Bertz CT molecular complexity index is 1210. The van der Waals surface area contributed by atoms with Crippen LogP contribution in [0, 0.1) is 0 Å². The van der Waals surface area contributed by atoms with Gasteiger partial charge in [-0.2, -0.15) is 0 Å². The SMILES string of the molecule is COc1ccc(NS(=O)(=O)c2ccc(C(=O)NCc3ccccc3OC(F)(F)F)cc2)cc1. The molecule has 0 aliphatic rings. The molecule has 0 aliphatic carbocycles. The van der Waals surface area contributed by atoms with Gasteiger partial charge in [0.05, 0.1) is 12.0 Å². The zero-order valence-electron chi connectivity index (χ0n) is 17.2. The Labute approximate surface area is 188 Å². The van der Waals surface area contributed by atoms with E-state index in [2.05, 4.69) is 14.8 Å². The van der Waals surface area contributed by atoms with Crippen LogP contribution in [-0.4, -0.2) is 27.8 Å². The monoisotopic (exact) mass is 480 g/mol. The molecule has 0 atom stereocenters. The molecule has 11 heteroatoms. The maximum atomic E-state index is 12.6. The molecule has 0 heterocycles. The number of hydrogen-bond acceptors (Lipinski definition) is 5. The molecule has 0 bridgehead atoms. The molecule has 0 unspecified atom stereocenters. The summed E-state index contributed by atoms with van der Waals surface area (Å²) in [6, 6.07) is 16.8. The van der Waals surface area contributed by atoms with Crippen LogP contribution in [0.5, 0.6) is 11.5 Å².